The molecule has 4 heterocycles. The number of aromatic nitrogens is 6. The molecule has 0 amide bonds. The van der Waals surface area contributed by atoms with Crippen LogP contribution in [0.5, 0.6) is 0 Å². The topological polar surface area (TPSA) is 95.5 Å². The standard InChI is InChI=1S/C16H20N8S/c1-2-12(8-24(5-1)9-13-3-4-19-22-13)6-14-7-15(18-10-17-14)21-16-23-20-11-25-16/h3-4,7,10-12H,1-2,5-6,8-9H2,(H,19,22)(H,17,18,21,23). The first-order valence-electron chi connectivity index (χ1n) is 8.40. The van der Waals surface area contributed by atoms with E-state index in [9.17, 15) is 0 Å². The molecule has 3 aromatic heterocycles. The number of aromatic amines is 1. The molecule has 9 heteroatoms. The summed E-state index contributed by atoms with van der Waals surface area (Å²) in [5, 5.41) is 18.8. The molecule has 1 unspecified atom stereocenters. The Kier molecular flexibility index (Phi) is 4.93. The molecular formula is C16H20N8S. The van der Waals surface area contributed by atoms with Crippen LogP contribution in [-0.2, 0) is 13.0 Å². The van der Waals surface area contributed by atoms with Crippen LogP contribution in [0.15, 0.2) is 30.2 Å². The van der Waals surface area contributed by atoms with Gasteiger partial charge in [0.05, 0.1) is 0 Å². The Balaban J connectivity index is 1.36. The van der Waals surface area contributed by atoms with Gasteiger partial charge in [-0.15, -0.1) is 10.2 Å². The third-order valence-corrected chi connectivity index (χ3v) is 4.98. The van der Waals surface area contributed by atoms with Gasteiger partial charge in [0.25, 0.3) is 0 Å². The summed E-state index contributed by atoms with van der Waals surface area (Å²) in [6.07, 6.45) is 6.85. The monoisotopic (exact) mass is 356 g/mol. The molecule has 0 aliphatic carbocycles. The van der Waals surface area contributed by atoms with E-state index in [2.05, 4.69) is 40.6 Å². The summed E-state index contributed by atoms with van der Waals surface area (Å²) < 4.78 is 0. The summed E-state index contributed by atoms with van der Waals surface area (Å²) in [5.74, 6) is 1.38. The van der Waals surface area contributed by atoms with Crippen molar-refractivity contribution in [3.05, 3.63) is 41.6 Å². The molecule has 2 N–H and O–H groups in total. The molecular weight excluding hydrogens is 336 g/mol. The van der Waals surface area contributed by atoms with Crippen molar-refractivity contribution < 1.29 is 0 Å². The van der Waals surface area contributed by atoms with Crippen LogP contribution in [0.2, 0.25) is 0 Å². The Morgan fingerprint density at radius 3 is 3.20 bits per heavy atom. The van der Waals surface area contributed by atoms with E-state index in [1.807, 2.05) is 18.3 Å². The SMILES string of the molecule is c1cc(CN2CCCC(Cc3cc(Nc4nncs4)ncn3)C2)[nH]n1. The van der Waals surface area contributed by atoms with E-state index in [-0.39, 0.29) is 0 Å². The lowest BCUT2D eigenvalue weighted by Gasteiger charge is -2.32. The number of likely N-dealkylation sites (tertiary alicyclic amines) is 1. The van der Waals surface area contributed by atoms with Crippen LogP contribution < -0.4 is 5.32 Å². The Morgan fingerprint density at radius 2 is 2.36 bits per heavy atom. The minimum absolute atomic E-state index is 0.612. The van der Waals surface area contributed by atoms with Gasteiger partial charge < -0.3 is 5.32 Å². The quantitative estimate of drug-likeness (QED) is 0.699. The highest BCUT2D eigenvalue weighted by Crippen LogP contribution is 2.22. The zero-order chi connectivity index (χ0) is 16.9. The minimum Gasteiger partial charge on any atom is -0.315 e. The molecule has 0 bridgehead atoms. The number of nitrogens with one attached hydrogen (secondary N) is 2. The first kappa shape index (κ1) is 16.1. The van der Waals surface area contributed by atoms with Crippen molar-refractivity contribution in [1.82, 2.24) is 35.3 Å². The van der Waals surface area contributed by atoms with Crippen molar-refractivity contribution in [3.8, 4) is 0 Å². The lowest BCUT2D eigenvalue weighted by molar-refractivity contribution is 0.164. The first-order chi connectivity index (χ1) is 12.3. The van der Waals surface area contributed by atoms with Crippen molar-refractivity contribution >= 4 is 22.3 Å². The molecule has 1 aliphatic heterocycles. The minimum atomic E-state index is 0.612. The summed E-state index contributed by atoms with van der Waals surface area (Å²) >= 11 is 1.45. The number of piperidine rings is 1. The number of rotatable bonds is 6. The van der Waals surface area contributed by atoms with Crippen LogP contribution in [0.1, 0.15) is 24.2 Å². The van der Waals surface area contributed by atoms with Crippen LogP contribution in [0.4, 0.5) is 10.9 Å². The molecule has 130 valence electrons. The zero-order valence-corrected chi connectivity index (χ0v) is 14.6. The van der Waals surface area contributed by atoms with E-state index in [0.717, 1.165) is 42.7 Å². The van der Waals surface area contributed by atoms with E-state index in [1.54, 1.807) is 11.8 Å². The smallest absolute Gasteiger partial charge is 0.210 e. The second kappa shape index (κ2) is 7.66. The molecule has 0 aromatic carbocycles. The highest BCUT2D eigenvalue weighted by Gasteiger charge is 2.21. The Hall–Kier alpha value is -2.39. The number of anilines is 2. The fourth-order valence-electron chi connectivity index (χ4n) is 3.29. The second-order valence-corrected chi connectivity index (χ2v) is 7.13. The van der Waals surface area contributed by atoms with Gasteiger partial charge in [0.15, 0.2) is 0 Å². The average Bonchev–Trinajstić information content (AvgIpc) is 3.30. The Labute approximate surface area is 149 Å². The van der Waals surface area contributed by atoms with Crippen molar-refractivity contribution in [2.75, 3.05) is 18.4 Å². The summed E-state index contributed by atoms with van der Waals surface area (Å²) in [4.78, 5) is 11.2. The van der Waals surface area contributed by atoms with Gasteiger partial charge >= 0.3 is 0 Å². The predicted octanol–water partition coefficient (Wildman–Crippen LogP) is 2.25. The maximum atomic E-state index is 4.45. The average molecular weight is 356 g/mol. The van der Waals surface area contributed by atoms with Gasteiger partial charge in [0.1, 0.15) is 17.7 Å². The molecule has 1 fully saturated rings. The zero-order valence-electron chi connectivity index (χ0n) is 13.8. The summed E-state index contributed by atoms with van der Waals surface area (Å²) in [5.41, 5.74) is 3.93. The maximum absolute atomic E-state index is 4.45. The summed E-state index contributed by atoms with van der Waals surface area (Å²) in [6, 6.07) is 4.05. The molecule has 0 saturated carbocycles. The number of nitrogens with zero attached hydrogens (tertiary/aromatic N) is 6. The van der Waals surface area contributed by atoms with Gasteiger partial charge in [-0.2, -0.15) is 5.10 Å². The van der Waals surface area contributed by atoms with E-state index < -0.39 is 0 Å². The van der Waals surface area contributed by atoms with Crippen LogP contribution >= 0.6 is 11.3 Å². The van der Waals surface area contributed by atoms with E-state index in [1.165, 1.54) is 29.9 Å². The van der Waals surface area contributed by atoms with Gasteiger partial charge in [0.2, 0.25) is 5.13 Å². The van der Waals surface area contributed by atoms with Crippen LogP contribution in [-0.4, -0.2) is 48.4 Å². The third-order valence-electron chi connectivity index (χ3n) is 4.37. The largest absolute Gasteiger partial charge is 0.315 e. The normalized spacial score (nSPS) is 18.3. The third kappa shape index (κ3) is 4.37. The molecule has 25 heavy (non-hydrogen) atoms. The van der Waals surface area contributed by atoms with Gasteiger partial charge in [-0.05, 0) is 37.8 Å². The molecule has 3 aromatic rings. The van der Waals surface area contributed by atoms with Crippen molar-refractivity contribution in [1.29, 1.82) is 0 Å². The molecule has 4 rings (SSSR count). The van der Waals surface area contributed by atoms with E-state index in [4.69, 9.17) is 0 Å². The van der Waals surface area contributed by atoms with Gasteiger partial charge in [-0.25, -0.2) is 9.97 Å². The highest BCUT2D eigenvalue weighted by molar-refractivity contribution is 7.13. The van der Waals surface area contributed by atoms with Crippen LogP contribution in [0, 0.1) is 5.92 Å². The lowest BCUT2D eigenvalue weighted by Crippen LogP contribution is -2.35. The van der Waals surface area contributed by atoms with Gasteiger partial charge in [0, 0.05) is 36.7 Å². The molecule has 1 saturated heterocycles. The summed E-state index contributed by atoms with van der Waals surface area (Å²) in [6.45, 7) is 3.16. The highest BCUT2D eigenvalue weighted by atomic mass is 32.1. The van der Waals surface area contributed by atoms with Gasteiger partial charge in [-0.1, -0.05) is 11.3 Å². The number of hydrogen-bond acceptors (Lipinski definition) is 8. The lowest BCUT2D eigenvalue weighted by atomic mass is 9.93. The second-order valence-electron chi connectivity index (χ2n) is 6.29. The van der Waals surface area contributed by atoms with Crippen LogP contribution in [0.25, 0.3) is 0 Å². The molecule has 1 atom stereocenters. The fraction of sp³-hybridized carbons (Fsp3) is 0.438. The Bertz CT molecular complexity index is 773. The predicted molar refractivity (Wildman–Crippen MR) is 95.5 cm³/mol. The number of H-pyrrole nitrogens is 1. The molecule has 8 nitrogen and oxygen atoms in total. The van der Waals surface area contributed by atoms with Crippen molar-refractivity contribution in [3.63, 3.8) is 0 Å². The maximum Gasteiger partial charge on any atom is 0.210 e. The molecule has 1 aliphatic rings. The fourth-order valence-corrected chi connectivity index (χ4v) is 3.74. The molecule has 0 spiro atoms. The van der Waals surface area contributed by atoms with Crippen LogP contribution in [0.3, 0.4) is 0 Å². The first-order valence-corrected chi connectivity index (χ1v) is 9.28. The number of hydrogen-bond donors (Lipinski definition) is 2. The van der Waals surface area contributed by atoms with Gasteiger partial charge in [-0.3, -0.25) is 10.00 Å². The van der Waals surface area contributed by atoms with Crippen molar-refractivity contribution in [2.45, 2.75) is 25.8 Å². The Morgan fingerprint density at radius 1 is 1.36 bits per heavy atom. The molecule has 0 radical (unpaired) electrons. The van der Waals surface area contributed by atoms with Crippen molar-refractivity contribution in [2.24, 2.45) is 5.92 Å². The van der Waals surface area contributed by atoms with E-state index in [0.29, 0.717) is 5.92 Å². The summed E-state index contributed by atoms with van der Waals surface area (Å²) in [7, 11) is 0. The van der Waals surface area contributed by atoms with E-state index >= 15 is 0 Å².